The summed E-state index contributed by atoms with van der Waals surface area (Å²) < 4.78 is 0. The number of aliphatic carboxylic acids is 1. The molecule has 1 aliphatic heterocycles. The molecule has 1 fully saturated rings. The van der Waals surface area contributed by atoms with Crippen LogP contribution in [0.5, 0.6) is 0 Å². The van der Waals surface area contributed by atoms with Gasteiger partial charge in [0, 0.05) is 12.7 Å². The Balaban J connectivity index is 1.82. The van der Waals surface area contributed by atoms with E-state index in [0.29, 0.717) is 6.54 Å². The van der Waals surface area contributed by atoms with Crippen LogP contribution in [0.15, 0.2) is 60.8 Å². The first-order valence-electron chi connectivity index (χ1n) is 10.1. The van der Waals surface area contributed by atoms with E-state index in [1.807, 2.05) is 6.20 Å². The van der Waals surface area contributed by atoms with Crippen LogP contribution < -0.4 is 0 Å². The summed E-state index contributed by atoms with van der Waals surface area (Å²) in [4.78, 5) is 18.7. The van der Waals surface area contributed by atoms with Crippen LogP contribution in [0.3, 0.4) is 0 Å². The average Bonchev–Trinajstić information content (AvgIpc) is 2.75. The molecule has 1 aromatic heterocycles. The summed E-state index contributed by atoms with van der Waals surface area (Å²) in [5, 5.41) is 12.0. The number of likely N-dealkylation sites (tertiary alicyclic amines) is 1. The van der Waals surface area contributed by atoms with Gasteiger partial charge in [0.2, 0.25) is 0 Å². The third kappa shape index (κ3) is 3.65. The number of carboxylic acid groups (broad SMARTS) is 1. The van der Waals surface area contributed by atoms with Crippen molar-refractivity contribution >= 4 is 16.7 Å². The van der Waals surface area contributed by atoms with E-state index >= 15 is 0 Å². The smallest absolute Gasteiger partial charge is 0.307 e. The zero-order valence-corrected chi connectivity index (χ0v) is 16.2. The van der Waals surface area contributed by atoms with Gasteiger partial charge >= 0.3 is 5.97 Å². The Bertz CT molecular complexity index is 963. The van der Waals surface area contributed by atoms with Crippen LogP contribution in [0.25, 0.3) is 10.8 Å². The molecule has 2 atom stereocenters. The second kappa shape index (κ2) is 8.11. The summed E-state index contributed by atoms with van der Waals surface area (Å²) in [5.74, 6) is -1.02. The lowest BCUT2D eigenvalue weighted by atomic mass is 9.91. The Morgan fingerprint density at radius 1 is 1.18 bits per heavy atom. The number of rotatable bonds is 5. The van der Waals surface area contributed by atoms with Gasteiger partial charge in [0.05, 0.1) is 17.7 Å². The van der Waals surface area contributed by atoms with Crippen molar-refractivity contribution < 1.29 is 9.90 Å². The van der Waals surface area contributed by atoms with Gasteiger partial charge in [-0.2, -0.15) is 0 Å². The third-order valence-corrected chi connectivity index (χ3v) is 5.82. The number of nitrogens with zero attached hydrogens (tertiary/aromatic N) is 2. The van der Waals surface area contributed by atoms with Crippen LogP contribution in [0, 0.1) is 5.92 Å². The number of aromatic nitrogens is 1. The van der Waals surface area contributed by atoms with Gasteiger partial charge in [-0.15, -0.1) is 0 Å². The Morgan fingerprint density at radius 2 is 2.00 bits per heavy atom. The number of hydrogen-bond acceptors (Lipinski definition) is 3. The topological polar surface area (TPSA) is 53.4 Å². The zero-order chi connectivity index (χ0) is 19.5. The van der Waals surface area contributed by atoms with Crippen molar-refractivity contribution in [3.05, 3.63) is 77.6 Å². The van der Waals surface area contributed by atoms with Gasteiger partial charge < -0.3 is 5.11 Å². The van der Waals surface area contributed by atoms with Gasteiger partial charge in [-0.25, -0.2) is 0 Å². The maximum Gasteiger partial charge on any atom is 0.307 e. The van der Waals surface area contributed by atoms with Crippen LogP contribution in [0.2, 0.25) is 0 Å². The summed E-state index contributed by atoms with van der Waals surface area (Å²) >= 11 is 0. The molecule has 2 unspecified atom stereocenters. The zero-order valence-electron chi connectivity index (χ0n) is 16.2. The second-order valence-electron chi connectivity index (χ2n) is 7.59. The minimum atomic E-state index is -0.698. The van der Waals surface area contributed by atoms with E-state index in [1.54, 1.807) is 0 Å². The first kappa shape index (κ1) is 18.6. The first-order valence-corrected chi connectivity index (χ1v) is 10.1. The predicted molar refractivity (Wildman–Crippen MR) is 111 cm³/mol. The van der Waals surface area contributed by atoms with Crippen molar-refractivity contribution in [3.63, 3.8) is 0 Å². The van der Waals surface area contributed by atoms with Gasteiger partial charge in [0.15, 0.2) is 0 Å². The molecule has 1 aliphatic rings. The molecule has 4 nitrogen and oxygen atoms in total. The fourth-order valence-electron chi connectivity index (χ4n) is 4.28. The van der Waals surface area contributed by atoms with Crippen molar-refractivity contribution in [2.45, 2.75) is 32.2 Å². The molecule has 4 heteroatoms. The minimum absolute atomic E-state index is 0.0424. The molecular formula is C24H26N2O2. The number of fused-ring (bicyclic) bond motifs is 1. The Labute approximate surface area is 165 Å². The SMILES string of the molecule is CCc1ccc(C(c2cccc3ccccc23)N2CCCC(C(=O)O)C2)nc1. The number of benzene rings is 2. The largest absolute Gasteiger partial charge is 0.481 e. The maximum atomic E-state index is 11.6. The molecule has 2 heterocycles. The van der Waals surface area contributed by atoms with E-state index in [1.165, 1.54) is 21.9 Å². The number of carbonyl (C=O) groups is 1. The highest BCUT2D eigenvalue weighted by Gasteiger charge is 2.32. The molecule has 144 valence electrons. The highest BCUT2D eigenvalue weighted by molar-refractivity contribution is 5.86. The molecule has 0 amide bonds. The summed E-state index contributed by atoms with van der Waals surface area (Å²) in [6.45, 7) is 3.57. The van der Waals surface area contributed by atoms with Crippen molar-refractivity contribution in [3.8, 4) is 0 Å². The summed E-state index contributed by atoms with van der Waals surface area (Å²) in [6, 6.07) is 19.0. The second-order valence-corrected chi connectivity index (χ2v) is 7.59. The van der Waals surface area contributed by atoms with E-state index in [9.17, 15) is 9.90 Å². The van der Waals surface area contributed by atoms with Crippen LogP contribution in [0.1, 0.15) is 42.6 Å². The van der Waals surface area contributed by atoms with Crippen molar-refractivity contribution in [1.82, 2.24) is 9.88 Å². The lowest BCUT2D eigenvalue weighted by Crippen LogP contribution is -2.41. The highest BCUT2D eigenvalue weighted by Crippen LogP contribution is 2.35. The lowest BCUT2D eigenvalue weighted by molar-refractivity contribution is -0.143. The normalized spacial score (nSPS) is 18.8. The fraction of sp³-hybridized carbons (Fsp3) is 0.333. The predicted octanol–water partition coefficient (Wildman–Crippen LogP) is 4.68. The molecule has 0 spiro atoms. The quantitative estimate of drug-likeness (QED) is 0.704. The van der Waals surface area contributed by atoms with Crippen LogP contribution in [-0.2, 0) is 11.2 Å². The van der Waals surface area contributed by atoms with Crippen molar-refractivity contribution in [2.24, 2.45) is 5.92 Å². The highest BCUT2D eigenvalue weighted by atomic mass is 16.4. The van der Waals surface area contributed by atoms with E-state index < -0.39 is 5.97 Å². The number of hydrogen-bond donors (Lipinski definition) is 1. The number of carboxylic acids is 1. The Morgan fingerprint density at radius 3 is 2.75 bits per heavy atom. The first-order chi connectivity index (χ1) is 13.7. The molecule has 0 radical (unpaired) electrons. The molecule has 0 bridgehead atoms. The third-order valence-electron chi connectivity index (χ3n) is 5.82. The number of pyridine rings is 1. The van der Waals surface area contributed by atoms with Crippen LogP contribution >= 0.6 is 0 Å². The Hall–Kier alpha value is -2.72. The standard InChI is InChI=1S/C24H26N2O2/c1-2-17-12-13-22(25-15-17)23(26-14-6-9-19(16-26)24(27)28)21-11-5-8-18-7-3-4-10-20(18)21/h3-5,7-8,10-13,15,19,23H,2,6,9,14,16H2,1H3,(H,27,28). The molecule has 2 aromatic carbocycles. The number of aryl methyl sites for hydroxylation is 1. The molecule has 0 aliphatic carbocycles. The van der Waals surface area contributed by atoms with E-state index in [2.05, 4.69) is 66.4 Å². The van der Waals surface area contributed by atoms with Crippen LogP contribution in [-0.4, -0.2) is 34.0 Å². The summed E-state index contributed by atoms with van der Waals surface area (Å²) in [5.41, 5.74) is 3.39. The van der Waals surface area contributed by atoms with E-state index in [4.69, 9.17) is 4.98 Å². The Kier molecular flexibility index (Phi) is 5.40. The molecule has 0 saturated carbocycles. The van der Waals surface area contributed by atoms with Gasteiger partial charge in [-0.05, 0) is 53.8 Å². The fourth-order valence-corrected chi connectivity index (χ4v) is 4.28. The van der Waals surface area contributed by atoms with E-state index in [-0.39, 0.29) is 12.0 Å². The maximum absolute atomic E-state index is 11.6. The molecule has 28 heavy (non-hydrogen) atoms. The molecular weight excluding hydrogens is 348 g/mol. The summed E-state index contributed by atoms with van der Waals surface area (Å²) in [6.07, 6.45) is 4.55. The van der Waals surface area contributed by atoms with Gasteiger partial charge in [0.1, 0.15) is 0 Å². The van der Waals surface area contributed by atoms with Gasteiger partial charge in [-0.3, -0.25) is 14.7 Å². The minimum Gasteiger partial charge on any atom is -0.481 e. The van der Waals surface area contributed by atoms with Crippen molar-refractivity contribution in [2.75, 3.05) is 13.1 Å². The molecule has 3 aromatic rings. The lowest BCUT2D eigenvalue weighted by Gasteiger charge is -2.37. The molecule has 1 saturated heterocycles. The van der Waals surface area contributed by atoms with Gasteiger partial charge in [-0.1, -0.05) is 55.5 Å². The monoisotopic (exact) mass is 374 g/mol. The van der Waals surface area contributed by atoms with Crippen LogP contribution in [0.4, 0.5) is 0 Å². The molecule has 1 N–H and O–H groups in total. The van der Waals surface area contributed by atoms with Gasteiger partial charge in [0.25, 0.3) is 0 Å². The van der Waals surface area contributed by atoms with Crippen molar-refractivity contribution in [1.29, 1.82) is 0 Å². The van der Waals surface area contributed by atoms with E-state index in [0.717, 1.165) is 31.5 Å². The number of piperidine rings is 1. The molecule has 4 rings (SSSR count). The average molecular weight is 374 g/mol. The summed E-state index contributed by atoms with van der Waals surface area (Å²) in [7, 11) is 0.